The number of nitrogens with one attached hydrogen (secondary N) is 1. The number of ether oxygens (including phenoxy) is 1. The van der Waals surface area contributed by atoms with Gasteiger partial charge in [0.15, 0.2) is 0 Å². The second kappa shape index (κ2) is 7.49. The second-order valence-electron chi connectivity index (χ2n) is 4.31. The first-order valence-electron chi connectivity index (χ1n) is 6.39. The van der Waals surface area contributed by atoms with Gasteiger partial charge in [-0.25, -0.2) is 9.59 Å². The normalized spacial score (nSPS) is 10.2. The molecule has 6 heteroatoms. The number of likely N-dealkylation sites (N-methyl/N-ethyl adjacent to an activating group) is 1. The molecule has 1 aromatic rings. The number of hydrogen-bond donors (Lipinski definition) is 2. The Kier molecular flexibility index (Phi) is 5.99. The molecule has 6 nitrogen and oxygen atoms in total. The van der Waals surface area contributed by atoms with E-state index in [1.807, 2.05) is 6.92 Å². The lowest BCUT2D eigenvalue weighted by molar-refractivity contribution is 0.0698. The Bertz CT molecular complexity index is 488. The third kappa shape index (κ3) is 3.96. The number of carboxylic acid groups (broad SMARTS) is 1. The molecule has 0 aliphatic rings. The standard InChI is InChI=1S/C14H20N2O4/c1-4-16(8-9-20-3)14(19)15-12-10(2)6-5-7-11(12)13(17)18/h5-7H,4,8-9H2,1-3H3,(H,15,19)(H,17,18). The van der Waals surface area contributed by atoms with Gasteiger partial charge >= 0.3 is 12.0 Å². The average Bonchev–Trinajstić information content (AvgIpc) is 2.41. The zero-order valence-electron chi connectivity index (χ0n) is 12.0. The molecule has 0 aromatic heterocycles. The first kappa shape index (κ1) is 16.0. The number of anilines is 1. The molecular weight excluding hydrogens is 260 g/mol. The van der Waals surface area contributed by atoms with Gasteiger partial charge in [-0.3, -0.25) is 0 Å². The van der Waals surface area contributed by atoms with Crippen LogP contribution >= 0.6 is 0 Å². The van der Waals surface area contributed by atoms with Crippen molar-refractivity contribution in [1.29, 1.82) is 0 Å². The van der Waals surface area contributed by atoms with Gasteiger partial charge in [-0.15, -0.1) is 0 Å². The van der Waals surface area contributed by atoms with Gasteiger partial charge in [0.1, 0.15) is 0 Å². The van der Waals surface area contributed by atoms with Gasteiger partial charge in [-0.05, 0) is 25.5 Å². The summed E-state index contributed by atoms with van der Waals surface area (Å²) in [6, 6.07) is 4.54. The molecule has 20 heavy (non-hydrogen) atoms. The number of hydrogen-bond acceptors (Lipinski definition) is 3. The van der Waals surface area contributed by atoms with Gasteiger partial charge in [0, 0.05) is 20.2 Å². The number of para-hydroxylation sites is 1. The summed E-state index contributed by atoms with van der Waals surface area (Å²) in [5.41, 5.74) is 1.13. The van der Waals surface area contributed by atoms with E-state index in [0.29, 0.717) is 30.9 Å². The molecule has 0 unspecified atom stereocenters. The van der Waals surface area contributed by atoms with Crippen LogP contribution < -0.4 is 5.32 Å². The smallest absolute Gasteiger partial charge is 0.337 e. The molecule has 1 aromatic carbocycles. The molecule has 2 amide bonds. The third-order valence-corrected chi connectivity index (χ3v) is 2.97. The van der Waals surface area contributed by atoms with Crippen LogP contribution in [0.2, 0.25) is 0 Å². The van der Waals surface area contributed by atoms with Gasteiger partial charge in [0.25, 0.3) is 0 Å². The van der Waals surface area contributed by atoms with E-state index in [9.17, 15) is 9.59 Å². The fraction of sp³-hybridized carbons (Fsp3) is 0.429. The molecule has 0 bridgehead atoms. The molecule has 0 fully saturated rings. The Morgan fingerprint density at radius 2 is 2.10 bits per heavy atom. The van der Waals surface area contributed by atoms with E-state index in [4.69, 9.17) is 9.84 Å². The van der Waals surface area contributed by atoms with Crippen molar-refractivity contribution in [1.82, 2.24) is 4.90 Å². The third-order valence-electron chi connectivity index (χ3n) is 2.97. The number of methoxy groups -OCH3 is 1. The summed E-state index contributed by atoms with van der Waals surface area (Å²) < 4.78 is 4.94. The van der Waals surface area contributed by atoms with Crippen LogP contribution in [0.4, 0.5) is 10.5 Å². The molecule has 0 radical (unpaired) electrons. The summed E-state index contributed by atoms with van der Waals surface area (Å²) >= 11 is 0. The van der Waals surface area contributed by atoms with E-state index in [-0.39, 0.29) is 11.6 Å². The fourth-order valence-corrected chi connectivity index (χ4v) is 1.80. The predicted octanol–water partition coefficient (Wildman–Crippen LogP) is 2.19. The number of carbonyl (C=O) groups excluding carboxylic acids is 1. The van der Waals surface area contributed by atoms with Crippen LogP contribution in [-0.2, 0) is 4.74 Å². The number of carboxylic acids is 1. The van der Waals surface area contributed by atoms with E-state index >= 15 is 0 Å². The van der Waals surface area contributed by atoms with Gasteiger partial charge in [0.2, 0.25) is 0 Å². The van der Waals surface area contributed by atoms with Crippen molar-refractivity contribution >= 4 is 17.7 Å². The zero-order valence-corrected chi connectivity index (χ0v) is 12.0. The van der Waals surface area contributed by atoms with E-state index < -0.39 is 5.97 Å². The molecule has 0 heterocycles. The van der Waals surface area contributed by atoms with Crippen molar-refractivity contribution in [3.05, 3.63) is 29.3 Å². The van der Waals surface area contributed by atoms with E-state index in [0.717, 1.165) is 0 Å². The number of urea groups is 1. The van der Waals surface area contributed by atoms with Crippen molar-refractivity contribution < 1.29 is 19.4 Å². The van der Waals surface area contributed by atoms with Crippen molar-refractivity contribution in [2.45, 2.75) is 13.8 Å². The second-order valence-corrected chi connectivity index (χ2v) is 4.31. The summed E-state index contributed by atoms with van der Waals surface area (Å²) in [7, 11) is 1.57. The maximum atomic E-state index is 12.1. The summed E-state index contributed by atoms with van der Waals surface area (Å²) in [5, 5.41) is 11.8. The summed E-state index contributed by atoms with van der Waals surface area (Å²) in [5.74, 6) is -1.07. The highest BCUT2D eigenvalue weighted by molar-refractivity contribution is 6.00. The first-order chi connectivity index (χ1) is 9.51. The van der Waals surface area contributed by atoms with Crippen molar-refractivity contribution in [3.8, 4) is 0 Å². The van der Waals surface area contributed by atoms with Gasteiger partial charge in [-0.1, -0.05) is 12.1 Å². The minimum atomic E-state index is -1.07. The van der Waals surface area contributed by atoms with Gasteiger partial charge in [-0.2, -0.15) is 0 Å². The van der Waals surface area contributed by atoms with Crippen LogP contribution in [0.1, 0.15) is 22.8 Å². The number of rotatable bonds is 6. The van der Waals surface area contributed by atoms with Crippen molar-refractivity contribution in [2.75, 3.05) is 32.1 Å². The Morgan fingerprint density at radius 3 is 2.65 bits per heavy atom. The first-order valence-corrected chi connectivity index (χ1v) is 6.39. The van der Waals surface area contributed by atoms with Gasteiger partial charge < -0.3 is 20.1 Å². The fourth-order valence-electron chi connectivity index (χ4n) is 1.80. The highest BCUT2D eigenvalue weighted by atomic mass is 16.5. The Labute approximate surface area is 118 Å². The van der Waals surface area contributed by atoms with Crippen molar-refractivity contribution in [2.24, 2.45) is 0 Å². The maximum Gasteiger partial charge on any atom is 0.337 e. The number of aryl methyl sites for hydroxylation is 1. The SMILES string of the molecule is CCN(CCOC)C(=O)Nc1c(C)cccc1C(=O)O. The van der Waals surface area contributed by atoms with Crippen molar-refractivity contribution in [3.63, 3.8) is 0 Å². The Morgan fingerprint density at radius 1 is 1.40 bits per heavy atom. The molecular formula is C14H20N2O4. The molecule has 0 spiro atoms. The number of aromatic carboxylic acids is 1. The number of carbonyl (C=O) groups is 2. The van der Waals surface area contributed by atoms with Crippen LogP contribution in [0.5, 0.6) is 0 Å². The summed E-state index contributed by atoms with van der Waals surface area (Å²) in [4.78, 5) is 24.9. The zero-order chi connectivity index (χ0) is 15.1. The quantitative estimate of drug-likeness (QED) is 0.837. The molecule has 0 aliphatic carbocycles. The topological polar surface area (TPSA) is 78.9 Å². The lowest BCUT2D eigenvalue weighted by Gasteiger charge is -2.22. The largest absolute Gasteiger partial charge is 0.478 e. The van der Waals surface area contributed by atoms with E-state index in [1.165, 1.54) is 6.07 Å². The highest BCUT2D eigenvalue weighted by Crippen LogP contribution is 2.21. The van der Waals surface area contributed by atoms with Crippen LogP contribution in [-0.4, -0.2) is 48.8 Å². The van der Waals surface area contributed by atoms with Crippen LogP contribution in [0.15, 0.2) is 18.2 Å². The maximum absolute atomic E-state index is 12.1. The molecule has 2 N–H and O–H groups in total. The summed E-state index contributed by atoms with van der Waals surface area (Å²) in [6.45, 7) is 5.01. The molecule has 0 saturated carbocycles. The number of amides is 2. The molecule has 1 rings (SSSR count). The number of nitrogens with zero attached hydrogens (tertiary/aromatic N) is 1. The average molecular weight is 280 g/mol. The van der Waals surface area contributed by atoms with Crippen LogP contribution in [0.25, 0.3) is 0 Å². The molecule has 110 valence electrons. The Hall–Kier alpha value is -2.08. The minimum Gasteiger partial charge on any atom is -0.478 e. The monoisotopic (exact) mass is 280 g/mol. The van der Waals surface area contributed by atoms with E-state index in [1.54, 1.807) is 31.1 Å². The lowest BCUT2D eigenvalue weighted by atomic mass is 10.1. The van der Waals surface area contributed by atoms with E-state index in [2.05, 4.69) is 5.32 Å². The number of benzene rings is 1. The summed E-state index contributed by atoms with van der Waals surface area (Å²) in [6.07, 6.45) is 0. The highest BCUT2D eigenvalue weighted by Gasteiger charge is 2.17. The minimum absolute atomic E-state index is 0.0844. The van der Waals surface area contributed by atoms with Gasteiger partial charge in [0.05, 0.1) is 17.9 Å². The predicted molar refractivity (Wildman–Crippen MR) is 76.3 cm³/mol. The molecule has 0 aliphatic heterocycles. The lowest BCUT2D eigenvalue weighted by Crippen LogP contribution is -2.37. The van der Waals surface area contributed by atoms with Crippen LogP contribution in [0, 0.1) is 6.92 Å². The molecule has 0 saturated heterocycles. The Balaban J connectivity index is 2.92. The molecule has 0 atom stereocenters. The van der Waals surface area contributed by atoms with Crippen LogP contribution in [0.3, 0.4) is 0 Å².